The zero-order valence-electron chi connectivity index (χ0n) is 10.4. The Balaban J connectivity index is 0.00000200. The number of nitrogens with one attached hydrogen (secondary N) is 1. The third-order valence-corrected chi connectivity index (χ3v) is 2.88. The summed E-state index contributed by atoms with van der Waals surface area (Å²) < 4.78 is 6.31. The summed E-state index contributed by atoms with van der Waals surface area (Å²) >= 11 is 2.37. The molecule has 0 aliphatic rings. The summed E-state index contributed by atoms with van der Waals surface area (Å²) in [6.07, 6.45) is 6.02. The largest absolute Gasteiger partial charge is 0 e. The van der Waals surface area contributed by atoms with Crippen LogP contribution in [0.15, 0.2) is 29.1 Å². The Morgan fingerprint density at radius 3 is 2.80 bits per heavy atom. The van der Waals surface area contributed by atoms with Crippen molar-refractivity contribution in [3.63, 3.8) is 0 Å². The summed E-state index contributed by atoms with van der Waals surface area (Å²) in [6, 6.07) is 3.61. The van der Waals surface area contributed by atoms with Crippen LogP contribution in [0, 0.1) is 31.1 Å². The molecule has 2 heterocycles. The van der Waals surface area contributed by atoms with Crippen LogP contribution in [0.5, 0.6) is 0 Å². The number of rotatable bonds is 3. The molecular weight excluding hydrogens is 517 g/mol. The van der Waals surface area contributed by atoms with Crippen LogP contribution < -0.4 is 16.3 Å². The third kappa shape index (κ3) is 3.97. The Bertz CT molecular complexity index is 754. The van der Waals surface area contributed by atoms with Gasteiger partial charge in [0.05, 0.1) is 0 Å². The fourth-order valence-corrected chi connectivity index (χ4v) is 1.82. The van der Waals surface area contributed by atoms with Crippen LogP contribution in [0.2, 0.25) is 0 Å². The van der Waals surface area contributed by atoms with E-state index in [9.17, 15) is 0 Å². The van der Waals surface area contributed by atoms with Gasteiger partial charge in [-0.2, -0.15) is 0 Å². The van der Waals surface area contributed by atoms with Gasteiger partial charge < -0.3 is 0 Å². The van der Waals surface area contributed by atoms with E-state index in [0.29, 0.717) is 16.7 Å². The van der Waals surface area contributed by atoms with Crippen molar-refractivity contribution < 1.29 is 52.5 Å². The van der Waals surface area contributed by atoms with Crippen LogP contribution in [0.25, 0.3) is 24.5 Å². The molecular formula is C13H10N4OUV-2. The first kappa shape index (κ1) is 17.0. The molecule has 0 unspecified atom stereocenters. The Kier molecular flexibility index (Phi) is 6.51. The van der Waals surface area contributed by atoms with E-state index in [1.807, 2.05) is 6.07 Å². The second-order valence-corrected chi connectivity index (χ2v) is 4.36. The summed E-state index contributed by atoms with van der Waals surface area (Å²) in [5.41, 5.74) is 13.0. The minimum absolute atomic E-state index is 0. The van der Waals surface area contributed by atoms with Gasteiger partial charge in [0, 0.05) is 31.1 Å². The molecule has 2 rings (SSSR count). The molecule has 2 aromatic rings. The fourth-order valence-electron chi connectivity index (χ4n) is 1.43. The number of aromatic nitrogens is 2. The van der Waals surface area contributed by atoms with E-state index in [1.54, 1.807) is 18.2 Å². The van der Waals surface area contributed by atoms with Gasteiger partial charge >= 0.3 is 118 Å². The Morgan fingerprint density at radius 2 is 2.15 bits per heavy atom. The summed E-state index contributed by atoms with van der Waals surface area (Å²) in [5.74, 6) is 1.37. The Labute approximate surface area is 148 Å². The maximum atomic E-state index is 7.70. The van der Waals surface area contributed by atoms with E-state index in [0.717, 1.165) is 4.23 Å². The van der Waals surface area contributed by atoms with E-state index >= 15 is 0 Å². The van der Waals surface area contributed by atoms with E-state index < -0.39 is 0 Å². The summed E-state index contributed by atoms with van der Waals surface area (Å²) in [6.45, 7) is 5.72. The van der Waals surface area contributed by atoms with Crippen molar-refractivity contribution >= 4 is 28.8 Å². The average molecular weight is 527 g/mol. The van der Waals surface area contributed by atoms with E-state index in [-0.39, 0.29) is 42.3 Å². The summed E-state index contributed by atoms with van der Waals surface area (Å²) in [5, 5.41) is 0.725. The molecule has 20 heavy (non-hydrogen) atoms. The first-order chi connectivity index (χ1) is 9.11. The van der Waals surface area contributed by atoms with Crippen molar-refractivity contribution in [2.75, 3.05) is 0 Å². The maximum Gasteiger partial charge on any atom is 0 e. The molecule has 0 aromatic carbocycles. The first-order valence-corrected chi connectivity index (χ1v) is 6.03. The second-order valence-electron chi connectivity index (χ2n) is 3.61. The number of hydrogen-bond acceptors (Lipinski definition) is 4. The summed E-state index contributed by atoms with van der Waals surface area (Å²) in [7, 11) is 0. The van der Waals surface area contributed by atoms with Crippen molar-refractivity contribution in [2.24, 2.45) is 5.73 Å². The molecule has 0 saturated heterocycles. The number of nitrogens with two attached hydrogens (primary N) is 1. The van der Waals surface area contributed by atoms with Crippen LogP contribution in [0.1, 0.15) is 11.5 Å². The normalized spacial score (nSPS) is 11.4. The van der Waals surface area contributed by atoms with Gasteiger partial charge in [-0.25, -0.2) is 0 Å². The molecule has 0 amide bonds. The van der Waals surface area contributed by atoms with Crippen LogP contribution in [0.4, 0.5) is 5.82 Å². The monoisotopic (exact) mass is 527 g/mol. The fraction of sp³-hybridized carbons (Fsp3) is 0. The van der Waals surface area contributed by atoms with Gasteiger partial charge in [0.15, 0.2) is 0 Å². The molecule has 0 bridgehead atoms. The smallest absolute Gasteiger partial charge is 0 e. The van der Waals surface area contributed by atoms with Crippen LogP contribution in [-0.4, -0.2) is 14.2 Å². The minimum Gasteiger partial charge on any atom is 0 e. The average Bonchev–Trinajstić information content (AvgIpc) is 2.83. The SMILES string of the molecule is [CH-]=c1ncnc([NH-])/c1=C/[C](=[V])c1ccc(/C=C/N)o1.[U]. The van der Waals surface area contributed by atoms with Gasteiger partial charge in [0.25, 0.3) is 0 Å². The molecule has 0 saturated carbocycles. The van der Waals surface area contributed by atoms with Gasteiger partial charge in [-0.1, -0.05) is 0 Å². The molecule has 7 heteroatoms. The Hall–Kier alpha value is -1.05. The standard InChI is InChI=1S/C13H10N4O.U.V/c1-9-12(13(15)17-8-16-9)5-4-10-2-3-11(18-10)6-7-14;;/h1-3,5-8H,14H2,(H-,15,16,17);;/q-2;;/b7-6+,12-5+;;. The Morgan fingerprint density at radius 1 is 1.40 bits per heavy atom. The summed E-state index contributed by atoms with van der Waals surface area (Å²) in [4.78, 5) is 7.65. The van der Waals surface area contributed by atoms with Gasteiger partial charge in [-0.15, -0.1) is 0 Å². The van der Waals surface area contributed by atoms with Crippen molar-refractivity contribution in [3.8, 4) is 0 Å². The number of furan rings is 1. The van der Waals surface area contributed by atoms with Crippen molar-refractivity contribution in [1.82, 2.24) is 9.97 Å². The minimum atomic E-state index is 0. The third-order valence-electron chi connectivity index (χ3n) is 2.34. The van der Waals surface area contributed by atoms with Gasteiger partial charge in [-0.05, 0) is 0 Å². The molecule has 0 aliphatic heterocycles. The molecule has 0 radical (unpaired) electrons. The molecule has 2 aromatic heterocycles. The zero-order chi connectivity index (χ0) is 13.8. The quantitative estimate of drug-likeness (QED) is 0.590. The molecule has 5 nitrogen and oxygen atoms in total. The van der Waals surface area contributed by atoms with Gasteiger partial charge in [0.2, 0.25) is 0 Å². The number of nitrogens with zero attached hydrogens (tertiary/aromatic N) is 2. The predicted octanol–water partition coefficient (Wildman–Crippen LogP) is 0.518. The van der Waals surface area contributed by atoms with Crippen molar-refractivity contribution in [2.45, 2.75) is 0 Å². The van der Waals surface area contributed by atoms with E-state index in [2.05, 4.69) is 26.9 Å². The first-order valence-electron chi connectivity index (χ1n) is 5.33. The van der Waals surface area contributed by atoms with Crippen LogP contribution >= 0.6 is 0 Å². The molecule has 0 atom stereocenters. The molecule has 3 N–H and O–H groups in total. The van der Waals surface area contributed by atoms with Gasteiger partial charge in [-0.3, -0.25) is 0 Å². The second kappa shape index (κ2) is 7.66. The zero-order valence-corrected chi connectivity index (χ0v) is 15.9. The van der Waals surface area contributed by atoms with Crippen LogP contribution in [0.3, 0.4) is 0 Å². The predicted molar refractivity (Wildman–Crippen MR) is 70.2 cm³/mol. The van der Waals surface area contributed by atoms with E-state index in [1.165, 1.54) is 12.5 Å². The molecule has 99 valence electrons. The van der Waals surface area contributed by atoms with Crippen LogP contribution in [-0.2, 0) is 17.0 Å². The number of hydrogen-bond donors (Lipinski definition) is 1. The maximum absolute atomic E-state index is 7.70. The topological polar surface area (TPSA) is 88.7 Å². The van der Waals surface area contributed by atoms with Crippen molar-refractivity contribution in [1.29, 1.82) is 0 Å². The van der Waals surface area contributed by atoms with Crippen molar-refractivity contribution in [3.05, 3.63) is 52.5 Å². The molecule has 0 spiro atoms. The van der Waals surface area contributed by atoms with Gasteiger partial charge in [0.1, 0.15) is 0 Å². The molecule has 0 fully saturated rings. The van der Waals surface area contributed by atoms with E-state index in [4.69, 9.17) is 22.5 Å². The molecule has 0 aliphatic carbocycles.